The van der Waals surface area contributed by atoms with Crippen LogP contribution in [0.1, 0.15) is 28.4 Å². The van der Waals surface area contributed by atoms with Crippen molar-refractivity contribution >= 4 is 18.0 Å². The number of rotatable bonds is 6. The third-order valence-corrected chi connectivity index (χ3v) is 3.85. The predicted molar refractivity (Wildman–Crippen MR) is 92.1 cm³/mol. The second-order valence-electron chi connectivity index (χ2n) is 5.81. The number of carbonyl (C=O) groups excluding carboxylic acids is 3. The van der Waals surface area contributed by atoms with Crippen LogP contribution in [0.5, 0.6) is 0 Å². The molecule has 0 aromatic heterocycles. The number of carbonyl (C=O) groups is 3. The standard InChI is InChI=1S/C19H16F3NO6/c1-28-16(24)9-15(17(25)11-7-13(21)14(22)8-12(11)20)23-19(27)29-18(26)10-5-3-2-4-6-10/h2-8,15,17,25H,9H2,1H3,(H,23,27)/t15-,17?/m0/s1. The normalized spacial score (nSPS) is 12.6. The smallest absolute Gasteiger partial charge is 0.415 e. The fourth-order valence-corrected chi connectivity index (χ4v) is 2.38. The highest BCUT2D eigenvalue weighted by atomic mass is 19.2. The Balaban J connectivity index is 2.19. The van der Waals surface area contributed by atoms with Gasteiger partial charge in [0.25, 0.3) is 0 Å². The molecule has 1 unspecified atom stereocenters. The lowest BCUT2D eigenvalue weighted by molar-refractivity contribution is -0.141. The molecular formula is C19H16F3NO6. The van der Waals surface area contributed by atoms with Crippen molar-refractivity contribution in [3.8, 4) is 0 Å². The van der Waals surface area contributed by atoms with Crippen molar-refractivity contribution < 1.29 is 42.1 Å². The molecule has 2 aromatic carbocycles. The number of halogens is 3. The van der Waals surface area contributed by atoms with Crippen LogP contribution in [0.25, 0.3) is 0 Å². The molecule has 0 aliphatic carbocycles. The zero-order valence-electron chi connectivity index (χ0n) is 15.0. The molecule has 10 heteroatoms. The number of aliphatic hydroxyl groups excluding tert-OH is 1. The Bertz CT molecular complexity index is 906. The molecule has 2 N–H and O–H groups in total. The number of hydrogen-bond donors (Lipinski definition) is 2. The number of methoxy groups -OCH3 is 1. The van der Waals surface area contributed by atoms with E-state index in [2.05, 4.69) is 9.47 Å². The number of amides is 1. The van der Waals surface area contributed by atoms with Gasteiger partial charge >= 0.3 is 18.0 Å². The highest BCUT2D eigenvalue weighted by Gasteiger charge is 2.30. The van der Waals surface area contributed by atoms with Crippen LogP contribution in [-0.4, -0.2) is 36.3 Å². The first-order valence-corrected chi connectivity index (χ1v) is 8.20. The van der Waals surface area contributed by atoms with Crippen molar-refractivity contribution in [1.29, 1.82) is 0 Å². The van der Waals surface area contributed by atoms with Gasteiger partial charge in [-0.1, -0.05) is 18.2 Å². The maximum atomic E-state index is 13.9. The van der Waals surface area contributed by atoms with Gasteiger partial charge < -0.3 is 19.9 Å². The lowest BCUT2D eigenvalue weighted by Gasteiger charge is -2.23. The second kappa shape index (κ2) is 9.69. The maximum Gasteiger partial charge on any atom is 0.415 e. The van der Waals surface area contributed by atoms with E-state index in [0.717, 1.165) is 7.11 Å². The summed E-state index contributed by atoms with van der Waals surface area (Å²) in [4.78, 5) is 35.5. The minimum Gasteiger partial charge on any atom is -0.469 e. The fourth-order valence-electron chi connectivity index (χ4n) is 2.38. The molecule has 0 aliphatic rings. The molecule has 7 nitrogen and oxygen atoms in total. The largest absolute Gasteiger partial charge is 0.469 e. The van der Waals surface area contributed by atoms with Crippen LogP contribution in [-0.2, 0) is 14.3 Å². The summed E-state index contributed by atoms with van der Waals surface area (Å²) in [5.41, 5.74) is -0.660. The van der Waals surface area contributed by atoms with Gasteiger partial charge in [-0.05, 0) is 18.2 Å². The van der Waals surface area contributed by atoms with Gasteiger partial charge in [-0.2, -0.15) is 0 Å². The molecule has 0 saturated heterocycles. The molecule has 2 rings (SSSR count). The fraction of sp³-hybridized carbons (Fsp3) is 0.211. The molecule has 0 radical (unpaired) electrons. The lowest BCUT2D eigenvalue weighted by Crippen LogP contribution is -2.42. The van der Waals surface area contributed by atoms with Crippen LogP contribution < -0.4 is 5.32 Å². The van der Waals surface area contributed by atoms with Gasteiger partial charge in [-0.15, -0.1) is 0 Å². The molecule has 2 atom stereocenters. The number of ether oxygens (including phenoxy) is 2. The van der Waals surface area contributed by atoms with E-state index in [1.165, 1.54) is 24.3 Å². The first-order chi connectivity index (χ1) is 13.7. The Morgan fingerprint density at radius 3 is 2.28 bits per heavy atom. The summed E-state index contributed by atoms with van der Waals surface area (Å²) in [6, 6.07) is 6.49. The molecule has 0 aliphatic heterocycles. The number of alkyl carbamates (subject to hydrolysis) is 1. The van der Waals surface area contributed by atoms with Gasteiger partial charge in [0.2, 0.25) is 0 Å². The zero-order valence-corrected chi connectivity index (χ0v) is 15.0. The van der Waals surface area contributed by atoms with Gasteiger partial charge in [-0.3, -0.25) is 4.79 Å². The van der Waals surface area contributed by atoms with E-state index >= 15 is 0 Å². The molecule has 1 amide bonds. The van der Waals surface area contributed by atoms with Crippen molar-refractivity contribution in [3.63, 3.8) is 0 Å². The van der Waals surface area contributed by atoms with Crippen molar-refractivity contribution in [2.45, 2.75) is 18.6 Å². The maximum absolute atomic E-state index is 13.9. The van der Waals surface area contributed by atoms with Gasteiger partial charge in [0, 0.05) is 11.6 Å². The van der Waals surface area contributed by atoms with E-state index in [1.807, 2.05) is 5.32 Å². The number of esters is 2. The number of benzene rings is 2. The summed E-state index contributed by atoms with van der Waals surface area (Å²) in [6.45, 7) is 0. The van der Waals surface area contributed by atoms with Crippen LogP contribution in [0.15, 0.2) is 42.5 Å². The summed E-state index contributed by atoms with van der Waals surface area (Å²) in [5.74, 6) is -6.16. The topological polar surface area (TPSA) is 102 Å². The minimum absolute atomic E-state index is 0.0550. The quantitative estimate of drug-likeness (QED) is 0.431. The number of nitrogens with one attached hydrogen (secondary N) is 1. The molecule has 0 saturated carbocycles. The molecular weight excluding hydrogens is 395 g/mol. The first kappa shape index (κ1) is 21.9. The summed E-state index contributed by atoms with van der Waals surface area (Å²) >= 11 is 0. The highest BCUT2D eigenvalue weighted by Crippen LogP contribution is 2.25. The predicted octanol–water partition coefficient (Wildman–Crippen LogP) is 2.64. The average molecular weight is 411 g/mol. The van der Waals surface area contributed by atoms with Gasteiger partial charge in [0.05, 0.1) is 25.1 Å². The molecule has 0 fully saturated rings. The lowest BCUT2D eigenvalue weighted by atomic mass is 9.99. The molecule has 2 aromatic rings. The Morgan fingerprint density at radius 2 is 1.66 bits per heavy atom. The third kappa shape index (κ3) is 5.79. The first-order valence-electron chi connectivity index (χ1n) is 8.20. The average Bonchev–Trinajstić information content (AvgIpc) is 2.70. The SMILES string of the molecule is COC(=O)C[C@H](NC(=O)OC(=O)c1ccccc1)C(O)c1cc(F)c(F)cc1F. The Kier molecular flexibility index (Phi) is 7.32. The van der Waals surface area contributed by atoms with Crippen LogP contribution in [0.2, 0.25) is 0 Å². The van der Waals surface area contributed by atoms with E-state index in [1.54, 1.807) is 6.07 Å². The van der Waals surface area contributed by atoms with Gasteiger partial charge in [0.1, 0.15) is 11.9 Å². The molecule has 0 bridgehead atoms. The number of hydrogen-bond acceptors (Lipinski definition) is 6. The van der Waals surface area contributed by atoms with Crippen LogP contribution in [0, 0.1) is 17.5 Å². The van der Waals surface area contributed by atoms with Crippen LogP contribution >= 0.6 is 0 Å². The molecule has 154 valence electrons. The van der Waals surface area contributed by atoms with Crippen LogP contribution in [0.3, 0.4) is 0 Å². The molecule has 0 spiro atoms. The summed E-state index contributed by atoms with van der Waals surface area (Å²) < 4.78 is 49.5. The van der Waals surface area contributed by atoms with Gasteiger partial charge in [-0.25, -0.2) is 22.8 Å². The van der Waals surface area contributed by atoms with Gasteiger partial charge in [0.15, 0.2) is 11.6 Å². The second-order valence-corrected chi connectivity index (χ2v) is 5.81. The Morgan fingerprint density at radius 1 is 1.03 bits per heavy atom. The molecule has 29 heavy (non-hydrogen) atoms. The minimum atomic E-state index is -1.98. The van der Waals surface area contributed by atoms with E-state index in [0.29, 0.717) is 6.07 Å². The van der Waals surface area contributed by atoms with E-state index in [9.17, 15) is 32.7 Å². The summed E-state index contributed by atoms with van der Waals surface area (Å²) in [6.07, 6.45) is -4.01. The molecule has 0 heterocycles. The Labute approximate surface area is 163 Å². The van der Waals surface area contributed by atoms with E-state index in [4.69, 9.17) is 0 Å². The van der Waals surface area contributed by atoms with Crippen molar-refractivity contribution in [1.82, 2.24) is 5.32 Å². The number of aliphatic hydroxyl groups is 1. The van der Waals surface area contributed by atoms with Crippen molar-refractivity contribution in [2.75, 3.05) is 7.11 Å². The van der Waals surface area contributed by atoms with Crippen molar-refractivity contribution in [2.24, 2.45) is 0 Å². The Hall–Kier alpha value is -3.40. The summed E-state index contributed by atoms with van der Waals surface area (Å²) in [5, 5.41) is 12.4. The van der Waals surface area contributed by atoms with Crippen molar-refractivity contribution in [3.05, 3.63) is 71.0 Å². The zero-order chi connectivity index (χ0) is 21.6. The monoisotopic (exact) mass is 411 g/mol. The third-order valence-electron chi connectivity index (χ3n) is 3.85. The van der Waals surface area contributed by atoms with Crippen LogP contribution in [0.4, 0.5) is 18.0 Å². The highest BCUT2D eigenvalue weighted by molar-refractivity contribution is 5.96. The van der Waals surface area contributed by atoms with E-state index in [-0.39, 0.29) is 11.6 Å². The van der Waals surface area contributed by atoms with E-state index < -0.39 is 59.6 Å². The summed E-state index contributed by atoms with van der Waals surface area (Å²) in [7, 11) is 1.03.